The van der Waals surface area contributed by atoms with Gasteiger partial charge in [-0.1, -0.05) is 0 Å². The molecular weight excluding hydrogens is 240 g/mol. The Morgan fingerprint density at radius 3 is 2.21 bits per heavy atom. The molecule has 0 aromatic rings. The van der Waals surface area contributed by atoms with Crippen LogP contribution >= 0.6 is 0 Å². The van der Waals surface area contributed by atoms with Crippen LogP contribution in [0.4, 0.5) is 0 Å². The molecule has 1 N–H and O–H groups in total. The second-order valence-electron chi connectivity index (χ2n) is 6.92. The number of aliphatic carboxylic acids is 1. The molecular formula is C15H28N2O2. The lowest BCUT2D eigenvalue weighted by molar-refractivity contribution is -0.148. The topological polar surface area (TPSA) is 43.8 Å². The predicted octanol–water partition coefficient (Wildman–Crippen LogP) is 1.91. The van der Waals surface area contributed by atoms with Crippen LogP contribution in [0.1, 0.15) is 39.5 Å². The standard InChI is InChI=1S/C15H28N2O2/c1-15(2,14(18)19)12-17-9-5-13(6-10-17)11-16-7-3-4-8-16/h13H,3-12H2,1-2H3,(H,18,19). The van der Waals surface area contributed by atoms with Gasteiger partial charge < -0.3 is 14.9 Å². The van der Waals surface area contributed by atoms with Gasteiger partial charge >= 0.3 is 5.97 Å². The number of carboxylic acid groups (broad SMARTS) is 1. The summed E-state index contributed by atoms with van der Waals surface area (Å²) in [4.78, 5) is 16.1. The molecule has 0 aromatic heterocycles. The lowest BCUT2D eigenvalue weighted by Crippen LogP contribution is -2.44. The fourth-order valence-corrected chi connectivity index (χ4v) is 3.28. The van der Waals surface area contributed by atoms with Crippen LogP contribution in [0.5, 0.6) is 0 Å². The van der Waals surface area contributed by atoms with Gasteiger partial charge in [-0.25, -0.2) is 0 Å². The maximum atomic E-state index is 11.2. The van der Waals surface area contributed by atoms with Crippen LogP contribution in [-0.2, 0) is 4.79 Å². The zero-order valence-electron chi connectivity index (χ0n) is 12.4. The Kier molecular flexibility index (Phi) is 4.85. The quantitative estimate of drug-likeness (QED) is 0.827. The third-order valence-corrected chi connectivity index (χ3v) is 4.62. The van der Waals surface area contributed by atoms with Gasteiger partial charge in [0.15, 0.2) is 0 Å². The van der Waals surface area contributed by atoms with Gasteiger partial charge in [-0.3, -0.25) is 4.79 Å². The van der Waals surface area contributed by atoms with Crippen molar-refractivity contribution in [2.75, 3.05) is 39.3 Å². The summed E-state index contributed by atoms with van der Waals surface area (Å²) in [6, 6.07) is 0. The lowest BCUT2D eigenvalue weighted by atomic mass is 9.90. The lowest BCUT2D eigenvalue weighted by Gasteiger charge is -2.36. The average molecular weight is 268 g/mol. The summed E-state index contributed by atoms with van der Waals surface area (Å²) in [6.07, 6.45) is 5.19. The first-order chi connectivity index (χ1) is 8.97. The minimum Gasteiger partial charge on any atom is -0.481 e. The van der Waals surface area contributed by atoms with Gasteiger partial charge in [0.1, 0.15) is 0 Å². The highest BCUT2D eigenvalue weighted by Crippen LogP contribution is 2.24. The number of carbonyl (C=O) groups is 1. The molecule has 110 valence electrons. The Morgan fingerprint density at radius 1 is 1.11 bits per heavy atom. The number of hydrogen-bond donors (Lipinski definition) is 1. The predicted molar refractivity (Wildman–Crippen MR) is 76.3 cm³/mol. The molecule has 0 bridgehead atoms. The first-order valence-electron chi connectivity index (χ1n) is 7.65. The number of hydrogen-bond acceptors (Lipinski definition) is 3. The first-order valence-corrected chi connectivity index (χ1v) is 7.65. The summed E-state index contributed by atoms with van der Waals surface area (Å²) in [5.74, 6) is 0.133. The van der Waals surface area contributed by atoms with E-state index in [1.807, 2.05) is 13.8 Å². The van der Waals surface area contributed by atoms with Gasteiger partial charge in [0.25, 0.3) is 0 Å². The van der Waals surface area contributed by atoms with Crippen LogP contribution in [0.25, 0.3) is 0 Å². The molecule has 4 nitrogen and oxygen atoms in total. The van der Waals surface area contributed by atoms with E-state index < -0.39 is 11.4 Å². The van der Waals surface area contributed by atoms with E-state index in [0.29, 0.717) is 6.54 Å². The minimum absolute atomic E-state index is 0.623. The SMILES string of the molecule is CC(C)(CN1CCC(CN2CCCC2)CC1)C(=O)O. The van der Waals surface area contributed by atoms with Crippen molar-refractivity contribution in [1.29, 1.82) is 0 Å². The van der Waals surface area contributed by atoms with Crippen molar-refractivity contribution in [1.82, 2.24) is 9.80 Å². The number of likely N-dealkylation sites (tertiary alicyclic amines) is 2. The molecule has 2 heterocycles. The number of nitrogens with zero attached hydrogens (tertiary/aromatic N) is 2. The molecule has 0 radical (unpaired) electrons. The van der Waals surface area contributed by atoms with E-state index in [2.05, 4.69) is 9.80 Å². The summed E-state index contributed by atoms with van der Waals surface area (Å²) in [5, 5.41) is 9.18. The third kappa shape index (κ3) is 4.18. The number of rotatable bonds is 5. The molecule has 2 fully saturated rings. The highest BCUT2D eigenvalue weighted by atomic mass is 16.4. The van der Waals surface area contributed by atoms with Crippen LogP contribution in [0, 0.1) is 11.3 Å². The maximum Gasteiger partial charge on any atom is 0.310 e. The molecule has 0 unspecified atom stereocenters. The normalized spacial score (nSPS) is 23.9. The second kappa shape index (κ2) is 6.23. The molecule has 0 amide bonds. The summed E-state index contributed by atoms with van der Waals surface area (Å²) in [5.41, 5.74) is -0.623. The van der Waals surface area contributed by atoms with Crippen molar-refractivity contribution in [3.8, 4) is 0 Å². The van der Waals surface area contributed by atoms with E-state index in [4.69, 9.17) is 0 Å². The monoisotopic (exact) mass is 268 g/mol. The molecule has 2 aliphatic rings. The summed E-state index contributed by atoms with van der Waals surface area (Å²) < 4.78 is 0. The summed E-state index contributed by atoms with van der Waals surface area (Å²) >= 11 is 0. The number of piperidine rings is 1. The summed E-state index contributed by atoms with van der Waals surface area (Å²) in [6.45, 7) is 10.3. The average Bonchev–Trinajstić information content (AvgIpc) is 2.84. The molecule has 2 rings (SSSR count). The molecule has 4 heteroatoms. The molecule has 0 aliphatic carbocycles. The van der Waals surface area contributed by atoms with Crippen LogP contribution < -0.4 is 0 Å². The van der Waals surface area contributed by atoms with E-state index in [0.717, 1.165) is 19.0 Å². The van der Waals surface area contributed by atoms with Gasteiger partial charge in [0.2, 0.25) is 0 Å². The first kappa shape index (κ1) is 14.8. The van der Waals surface area contributed by atoms with E-state index in [1.165, 1.54) is 45.3 Å². The number of carboxylic acids is 1. The van der Waals surface area contributed by atoms with Crippen LogP contribution in [-0.4, -0.2) is 60.1 Å². The van der Waals surface area contributed by atoms with Gasteiger partial charge in [-0.2, -0.15) is 0 Å². The van der Waals surface area contributed by atoms with E-state index >= 15 is 0 Å². The fourth-order valence-electron chi connectivity index (χ4n) is 3.28. The minimum atomic E-state index is -0.688. The smallest absolute Gasteiger partial charge is 0.310 e. The van der Waals surface area contributed by atoms with E-state index in [-0.39, 0.29) is 0 Å². The van der Waals surface area contributed by atoms with Crippen LogP contribution in [0.15, 0.2) is 0 Å². The van der Waals surface area contributed by atoms with Crippen molar-refractivity contribution < 1.29 is 9.90 Å². The Labute approximate surface area is 116 Å². The van der Waals surface area contributed by atoms with E-state index in [9.17, 15) is 9.90 Å². The van der Waals surface area contributed by atoms with Crippen molar-refractivity contribution in [3.05, 3.63) is 0 Å². The third-order valence-electron chi connectivity index (χ3n) is 4.62. The Balaban J connectivity index is 1.71. The van der Waals surface area contributed by atoms with Crippen LogP contribution in [0.2, 0.25) is 0 Å². The van der Waals surface area contributed by atoms with Crippen LogP contribution in [0.3, 0.4) is 0 Å². The Hall–Kier alpha value is -0.610. The Morgan fingerprint density at radius 2 is 1.68 bits per heavy atom. The molecule has 19 heavy (non-hydrogen) atoms. The van der Waals surface area contributed by atoms with E-state index in [1.54, 1.807) is 0 Å². The maximum absolute atomic E-state index is 11.2. The van der Waals surface area contributed by atoms with Gasteiger partial charge in [0, 0.05) is 13.1 Å². The fraction of sp³-hybridized carbons (Fsp3) is 0.933. The molecule has 2 saturated heterocycles. The second-order valence-corrected chi connectivity index (χ2v) is 6.92. The molecule has 2 aliphatic heterocycles. The summed E-state index contributed by atoms with van der Waals surface area (Å²) in [7, 11) is 0. The van der Waals surface area contributed by atoms with Gasteiger partial charge in [-0.05, 0) is 71.6 Å². The molecule has 0 atom stereocenters. The largest absolute Gasteiger partial charge is 0.481 e. The van der Waals surface area contributed by atoms with Gasteiger partial charge in [0.05, 0.1) is 5.41 Å². The zero-order valence-corrected chi connectivity index (χ0v) is 12.4. The zero-order chi connectivity index (χ0) is 13.9. The van der Waals surface area contributed by atoms with Crippen molar-refractivity contribution in [2.24, 2.45) is 11.3 Å². The van der Waals surface area contributed by atoms with Crippen molar-refractivity contribution >= 4 is 5.97 Å². The Bertz CT molecular complexity index is 303. The highest BCUT2D eigenvalue weighted by Gasteiger charge is 2.31. The highest BCUT2D eigenvalue weighted by molar-refractivity contribution is 5.73. The molecule has 0 spiro atoms. The van der Waals surface area contributed by atoms with Crippen molar-refractivity contribution in [2.45, 2.75) is 39.5 Å². The van der Waals surface area contributed by atoms with Gasteiger partial charge in [-0.15, -0.1) is 0 Å². The molecule has 0 saturated carbocycles. The molecule has 0 aromatic carbocycles. The van der Waals surface area contributed by atoms with Crippen molar-refractivity contribution in [3.63, 3.8) is 0 Å².